The SMILES string of the molecule is N=C(Oc1cccc2c1sc1c2ccc2c3cc(-c4nc(-c5ccccc5)nc(-c5ccccc5)n4)ccc3ccc21)c1ccccc1. The molecule has 0 saturated carbocycles. The molecule has 6 heteroatoms. The third kappa shape index (κ3) is 4.87. The zero-order valence-corrected chi connectivity index (χ0v) is 26.4. The maximum atomic E-state index is 8.58. The van der Waals surface area contributed by atoms with Gasteiger partial charge in [0.05, 0.1) is 4.70 Å². The standard InChI is InChI=1S/C42H26N4OS/c43-39(27-11-4-1-5-12-27)47-36-18-10-17-32-34-24-23-31-33(37(34)48-38(32)36)22-21-26-19-20-30(25-35(26)31)42-45-40(28-13-6-2-7-14-28)44-41(46-42)29-15-8-3-9-16-29/h1-25,43H. The van der Waals surface area contributed by atoms with Gasteiger partial charge in [0.25, 0.3) is 0 Å². The molecule has 7 aromatic carbocycles. The van der Waals surface area contributed by atoms with Crippen molar-refractivity contribution < 1.29 is 4.74 Å². The van der Waals surface area contributed by atoms with Crippen LogP contribution in [0.15, 0.2) is 152 Å². The lowest BCUT2D eigenvalue weighted by Gasteiger charge is -2.10. The molecule has 0 bridgehead atoms. The van der Waals surface area contributed by atoms with Crippen molar-refractivity contribution in [3.05, 3.63) is 157 Å². The van der Waals surface area contributed by atoms with E-state index in [0.29, 0.717) is 23.2 Å². The molecule has 0 atom stereocenters. The number of rotatable bonds is 5. The minimum Gasteiger partial charge on any atom is -0.437 e. The summed E-state index contributed by atoms with van der Waals surface area (Å²) < 4.78 is 8.37. The number of nitrogens with one attached hydrogen (secondary N) is 1. The van der Waals surface area contributed by atoms with Gasteiger partial charge in [-0.1, -0.05) is 127 Å². The number of hydrogen-bond acceptors (Lipinski definition) is 6. The topological polar surface area (TPSA) is 71.8 Å². The summed E-state index contributed by atoms with van der Waals surface area (Å²) in [5.74, 6) is 2.74. The number of hydrogen-bond donors (Lipinski definition) is 1. The summed E-state index contributed by atoms with van der Waals surface area (Å²) in [7, 11) is 0. The smallest absolute Gasteiger partial charge is 0.219 e. The normalized spacial score (nSPS) is 11.4. The minimum absolute atomic E-state index is 0.133. The van der Waals surface area contributed by atoms with Crippen LogP contribution in [0.5, 0.6) is 5.75 Å². The third-order valence-corrected chi connectivity index (χ3v) is 9.92. The van der Waals surface area contributed by atoms with Crippen molar-refractivity contribution in [1.82, 2.24) is 15.0 Å². The van der Waals surface area contributed by atoms with Gasteiger partial charge in [-0.05, 0) is 40.4 Å². The van der Waals surface area contributed by atoms with Gasteiger partial charge in [-0.2, -0.15) is 0 Å². The van der Waals surface area contributed by atoms with Crippen LogP contribution in [-0.4, -0.2) is 20.8 Å². The number of ether oxygens (including phenoxy) is 1. The van der Waals surface area contributed by atoms with Gasteiger partial charge in [0.1, 0.15) is 5.75 Å². The Morgan fingerprint density at radius 1 is 0.458 bits per heavy atom. The molecule has 9 rings (SSSR count). The average Bonchev–Trinajstić information content (AvgIpc) is 3.55. The number of fused-ring (bicyclic) bond motifs is 7. The summed E-state index contributed by atoms with van der Waals surface area (Å²) in [6, 6.07) is 51.0. The van der Waals surface area contributed by atoms with E-state index in [1.807, 2.05) is 103 Å². The summed E-state index contributed by atoms with van der Waals surface area (Å²) in [5, 5.41) is 15.5. The molecule has 0 spiro atoms. The first-order chi connectivity index (χ1) is 23.7. The zero-order valence-electron chi connectivity index (χ0n) is 25.6. The van der Waals surface area contributed by atoms with E-state index in [4.69, 9.17) is 25.1 Å². The Bertz CT molecular complexity index is 2600. The van der Waals surface area contributed by atoms with Gasteiger partial charge in [0.2, 0.25) is 5.90 Å². The van der Waals surface area contributed by atoms with Crippen molar-refractivity contribution >= 4 is 59.0 Å². The molecule has 2 aromatic heterocycles. The first kappa shape index (κ1) is 28.0. The van der Waals surface area contributed by atoms with Gasteiger partial charge in [0, 0.05) is 43.1 Å². The van der Waals surface area contributed by atoms with Gasteiger partial charge in [-0.15, -0.1) is 11.3 Å². The van der Waals surface area contributed by atoms with Crippen molar-refractivity contribution in [1.29, 1.82) is 5.41 Å². The summed E-state index contributed by atoms with van der Waals surface area (Å²) in [4.78, 5) is 14.8. The van der Waals surface area contributed by atoms with Crippen LogP contribution in [0.4, 0.5) is 0 Å². The second kappa shape index (κ2) is 11.5. The molecule has 0 unspecified atom stereocenters. The molecule has 0 aliphatic carbocycles. The van der Waals surface area contributed by atoms with E-state index in [1.54, 1.807) is 11.3 Å². The van der Waals surface area contributed by atoms with Crippen LogP contribution in [-0.2, 0) is 0 Å². The van der Waals surface area contributed by atoms with Crippen LogP contribution in [0.25, 0.3) is 75.9 Å². The Hall–Kier alpha value is -6.24. The molecule has 1 N–H and O–H groups in total. The zero-order chi connectivity index (χ0) is 32.0. The van der Waals surface area contributed by atoms with Crippen LogP contribution >= 0.6 is 11.3 Å². The highest BCUT2D eigenvalue weighted by Crippen LogP contribution is 2.44. The summed E-state index contributed by atoms with van der Waals surface area (Å²) in [6.07, 6.45) is 0. The fraction of sp³-hybridized carbons (Fsp3) is 0. The van der Waals surface area contributed by atoms with Crippen LogP contribution in [0, 0.1) is 5.41 Å². The van der Waals surface area contributed by atoms with Crippen molar-refractivity contribution in [3.63, 3.8) is 0 Å². The minimum atomic E-state index is 0.133. The van der Waals surface area contributed by atoms with Crippen LogP contribution in [0.1, 0.15) is 5.56 Å². The molecular weight excluding hydrogens is 609 g/mol. The maximum Gasteiger partial charge on any atom is 0.219 e. The number of thiophene rings is 1. The molecule has 0 aliphatic heterocycles. The van der Waals surface area contributed by atoms with Gasteiger partial charge in [-0.25, -0.2) is 15.0 Å². The van der Waals surface area contributed by atoms with Crippen molar-refractivity contribution in [2.24, 2.45) is 0 Å². The van der Waals surface area contributed by atoms with Gasteiger partial charge < -0.3 is 4.74 Å². The first-order valence-electron chi connectivity index (χ1n) is 15.7. The molecule has 2 heterocycles. The van der Waals surface area contributed by atoms with E-state index in [0.717, 1.165) is 48.5 Å². The number of benzene rings is 7. The van der Waals surface area contributed by atoms with Crippen molar-refractivity contribution in [2.45, 2.75) is 0 Å². The molecule has 48 heavy (non-hydrogen) atoms. The fourth-order valence-corrected chi connectivity index (χ4v) is 7.56. The van der Waals surface area contributed by atoms with Crippen LogP contribution in [0.2, 0.25) is 0 Å². The van der Waals surface area contributed by atoms with Gasteiger partial charge in [0.15, 0.2) is 17.5 Å². The molecule has 0 amide bonds. The average molecular weight is 635 g/mol. The van der Waals surface area contributed by atoms with E-state index in [-0.39, 0.29) is 5.90 Å². The summed E-state index contributed by atoms with van der Waals surface area (Å²) in [5.41, 5.74) is 3.56. The van der Waals surface area contributed by atoms with Gasteiger partial charge in [-0.3, -0.25) is 5.41 Å². The number of aromatic nitrogens is 3. The lowest BCUT2D eigenvalue weighted by molar-refractivity contribution is 0.555. The quantitative estimate of drug-likeness (QED) is 0.116. The van der Waals surface area contributed by atoms with Crippen molar-refractivity contribution in [2.75, 3.05) is 0 Å². The third-order valence-electron chi connectivity index (χ3n) is 8.65. The van der Waals surface area contributed by atoms with E-state index in [2.05, 4.69) is 48.5 Å². The van der Waals surface area contributed by atoms with Gasteiger partial charge >= 0.3 is 0 Å². The molecule has 5 nitrogen and oxygen atoms in total. The molecule has 0 saturated heterocycles. The van der Waals surface area contributed by atoms with E-state index < -0.39 is 0 Å². The number of nitrogens with zero attached hydrogens (tertiary/aromatic N) is 3. The highest BCUT2D eigenvalue weighted by atomic mass is 32.1. The molecule has 226 valence electrons. The van der Waals surface area contributed by atoms with E-state index in [9.17, 15) is 0 Å². The Labute approximate surface area is 280 Å². The Kier molecular flexibility index (Phi) is 6.73. The molecule has 9 aromatic rings. The molecule has 0 aliphatic rings. The predicted octanol–water partition coefficient (Wildman–Crippen LogP) is 11.0. The largest absolute Gasteiger partial charge is 0.437 e. The van der Waals surface area contributed by atoms with E-state index in [1.165, 1.54) is 15.5 Å². The molecular formula is C42H26N4OS. The van der Waals surface area contributed by atoms with Crippen LogP contribution < -0.4 is 4.74 Å². The highest BCUT2D eigenvalue weighted by molar-refractivity contribution is 7.27. The Morgan fingerprint density at radius 2 is 1.00 bits per heavy atom. The predicted molar refractivity (Wildman–Crippen MR) is 198 cm³/mol. The Balaban J connectivity index is 1.19. The maximum absolute atomic E-state index is 8.58. The van der Waals surface area contributed by atoms with E-state index >= 15 is 0 Å². The monoisotopic (exact) mass is 634 g/mol. The van der Waals surface area contributed by atoms with Crippen LogP contribution in [0.3, 0.4) is 0 Å². The highest BCUT2D eigenvalue weighted by Gasteiger charge is 2.17. The second-order valence-corrected chi connectivity index (χ2v) is 12.6. The fourth-order valence-electron chi connectivity index (χ4n) is 6.28. The summed E-state index contributed by atoms with van der Waals surface area (Å²) >= 11 is 1.71. The second-order valence-electron chi connectivity index (χ2n) is 11.6. The molecule has 0 radical (unpaired) electrons. The first-order valence-corrected chi connectivity index (χ1v) is 16.5. The van der Waals surface area contributed by atoms with Crippen molar-refractivity contribution in [3.8, 4) is 39.9 Å². The lowest BCUT2D eigenvalue weighted by Crippen LogP contribution is -2.08. The lowest BCUT2D eigenvalue weighted by atomic mass is 9.98. The Morgan fingerprint density at radius 3 is 1.69 bits per heavy atom. The molecule has 0 fully saturated rings. The summed E-state index contributed by atoms with van der Waals surface area (Å²) in [6.45, 7) is 0.